The van der Waals surface area contributed by atoms with Gasteiger partial charge in [0.25, 0.3) is 11.8 Å². The summed E-state index contributed by atoms with van der Waals surface area (Å²) in [6.45, 7) is 4.23. The summed E-state index contributed by atoms with van der Waals surface area (Å²) in [5, 5.41) is 9.60. The van der Waals surface area contributed by atoms with Gasteiger partial charge in [0.1, 0.15) is 17.1 Å². The van der Waals surface area contributed by atoms with Crippen LogP contribution in [0, 0.1) is 11.8 Å². The molecule has 0 fully saturated rings. The van der Waals surface area contributed by atoms with Crippen molar-refractivity contribution in [2.24, 2.45) is 5.73 Å². The summed E-state index contributed by atoms with van der Waals surface area (Å²) >= 11 is 0. The van der Waals surface area contributed by atoms with Crippen molar-refractivity contribution in [2.45, 2.75) is 32.5 Å². The minimum Gasteiger partial charge on any atom is -0.443 e. The second kappa shape index (κ2) is 6.11. The Morgan fingerprint density at radius 3 is 2.80 bits per heavy atom. The molecular weight excluding hydrogens is 324 g/mol. The lowest BCUT2D eigenvalue weighted by molar-refractivity contribution is 0.0673. The van der Waals surface area contributed by atoms with Crippen LogP contribution in [0.25, 0.3) is 0 Å². The molecule has 0 unspecified atom stereocenters. The normalized spacial score (nSPS) is 13.8. The summed E-state index contributed by atoms with van der Waals surface area (Å²) in [5.74, 6) is 5.55. The fourth-order valence-corrected chi connectivity index (χ4v) is 2.52. The molecule has 3 rings (SSSR count). The highest BCUT2D eigenvalue weighted by molar-refractivity contribution is 5.92. The van der Waals surface area contributed by atoms with Crippen molar-refractivity contribution in [1.82, 2.24) is 14.5 Å². The Morgan fingerprint density at radius 1 is 1.36 bits per heavy atom. The highest BCUT2D eigenvalue weighted by Gasteiger charge is 2.27. The second-order valence-corrected chi connectivity index (χ2v) is 6.28. The molecule has 25 heavy (non-hydrogen) atoms. The molecule has 3 heterocycles. The molecule has 0 bridgehead atoms. The van der Waals surface area contributed by atoms with Gasteiger partial charge in [0.15, 0.2) is 11.5 Å². The second-order valence-electron chi connectivity index (χ2n) is 6.28. The molecule has 130 valence electrons. The minimum atomic E-state index is -1.14. The third-order valence-electron chi connectivity index (χ3n) is 3.71. The number of fused-ring (bicyclic) bond motifs is 1. The van der Waals surface area contributed by atoms with E-state index in [-0.39, 0.29) is 18.2 Å². The highest BCUT2D eigenvalue weighted by Crippen LogP contribution is 2.18. The summed E-state index contributed by atoms with van der Waals surface area (Å²) in [4.78, 5) is 29.6. The number of hydrogen-bond acceptors (Lipinski definition) is 5. The van der Waals surface area contributed by atoms with Gasteiger partial charge in [-0.1, -0.05) is 5.92 Å². The Hall–Kier alpha value is -3.05. The molecule has 0 atom stereocenters. The maximum absolute atomic E-state index is 12.6. The molecule has 3 N–H and O–H groups in total. The van der Waals surface area contributed by atoms with E-state index in [2.05, 4.69) is 16.8 Å². The number of carbonyl (C=O) groups is 2. The zero-order chi connectivity index (χ0) is 18.2. The van der Waals surface area contributed by atoms with Crippen LogP contribution in [0.5, 0.6) is 0 Å². The van der Waals surface area contributed by atoms with Crippen molar-refractivity contribution < 1.29 is 19.1 Å². The monoisotopic (exact) mass is 342 g/mol. The number of rotatable bonds is 2. The molecule has 2 amide bonds. The Morgan fingerprint density at radius 2 is 2.12 bits per heavy atom. The van der Waals surface area contributed by atoms with Gasteiger partial charge in [-0.2, -0.15) is 0 Å². The fraction of sp³-hybridized carbons (Fsp3) is 0.353. The predicted molar refractivity (Wildman–Crippen MR) is 87.4 cm³/mol. The first-order valence-corrected chi connectivity index (χ1v) is 7.73. The zero-order valence-electron chi connectivity index (χ0n) is 13.9. The van der Waals surface area contributed by atoms with Gasteiger partial charge in [0.05, 0.1) is 12.7 Å². The minimum absolute atomic E-state index is 0.162. The molecule has 0 saturated carbocycles. The maximum atomic E-state index is 12.6. The van der Waals surface area contributed by atoms with E-state index >= 15 is 0 Å². The number of carbonyl (C=O) groups excluding carboxylic acids is 2. The van der Waals surface area contributed by atoms with Gasteiger partial charge in [0.2, 0.25) is 0 Å². The number of hydrogen-bond donors (Lipinski definition) is 2. The van der Waals surface area contributed by atoms with Gasteiger partial charge in [-0.05, 0) is 31.9 Å². The van der Waals surface area contributed by atoms with Crippen LogP contribution in [0.1, 0.15) is 46.5 Å². The Labute approximate surface area is 144 Å². The van der Waals surface area contributed by atoms with Crippen molar-refractivity contribution in [1.29, 1.82) is 0 Å². The van der Waals surface area contributed by atoms with Crippen LogP contribution in [0.3, 0.4) is 0 Å². The Balaban J connectivity index is 1.75. The molecular formula is C17H18N4O4. The smallest absolute Gasteiger partial charge is 0.290 e. The summed E-state index contributed by atoms with van der Waals surface area (Å²) in [5.41, 5.74) is 4.50. The van der Waals surface area contributed by atoms with Gasteiger partial charge >= 0.3 is 0 Å². The fourth-order valence-electron chi connectivity index (χ4n) is 2.52. The van der Waals surface area contributed by atoms with Crippen molar-refractivity contribution in [3.8, 4) is 11.8 Å². The van der Waals surface area contributed by atoms with Gasteiger partial charge < -0.3 is 24.7 Å². The molecule has 0 aromatic carbocycles. The van der Waals surface area contributed by atoms with E-state index in [0.717, 1.165) is 0 Å². The van der Waals surface area contributed by atoms with E-state index in [1.165, 1.54) is 6.20 Å². The Kier molecular flexibility index (Phi) is 4.10. The van der Waals surface area contributed by atoms with Crippen LogP contribution in [-0.4, -0.2) is 43.5 Å². The van der Waals surface area contributed by atoms with Crippen molar-refractivity contribution in [2.75, 3.05) is 6.54 Å². The summed E-state index contributed by atoms with van der Waals surface area (Å²) < 4.78 is 7.16. The standard InChI is InChI=1S/C17H18N4O4/c1-17(2,24)6-5-11-3-4-13(25-11)16(23)20-7-8-21-12(15(18)22)9-19-14(21)10-20/h3-4,9,24H,7-8,10H2,1-2H3,(H2,18,22). The van der Waals surface area contributed by atoms with Gasteiger partial charge in [-0.25, -0.2) is 4.98 Å². The molecule has 8 nitrogen and oxygen atoms in total. The van der Waals surface area contributed by atoms with Crippen molar-refractivity contribution in [3.05, 3.63) is 41.4 Å². The zero-order valence-corrected chi connectivity index (χ0v) is 13.9. The first-order chi connectivity index (χ1) is 11.7. The third-order valence-corrected chi connectivity index (χ3v) is 3.71. The third kappa shape index (κ3) is 3.56. The Bertz CT molecular complexity index is 892. The largest absolute Gasteiger partial charge is 0.443 e. The van der Waals surface area contributed by atoms with E-state index in [9.17, 15) is 14.7 Å². The SMILES string of the molecule is CC(C)(O)C#Cc1ccc(C(=O)N2CCn3c(C(N)=O)cnc3C2)o1. The van der Waals surface area contributed by atoms with Crippen molar-refractivity contribution in [3.63, 3.8) is 0 Å². The van der Waals surface area contributed by atoms with E-state index < -0.39 is 11.5 Å². The summed E-state index contributed by atoms with van der Waals surface area (Å²) in [6.07, 6.45) is 1.42. The van der Waals surface area contributed by atoms with Crippen LogP contribution in [0.15, 0.2) is 22.7 Å². The van der Waals surface area contributed by atoms with E-state index in [4.69, 9.17) is 10.2 Å². The van der Waals surface area contributed by atoms with Gasteiger partial charge in [-0.15, -0.1) is 0 Å². The van der Waals surface area contributed by atoms with E-state index in [1.807, 2.05) is 0 Å². The van der Waals surface area contributed by atoms with Crippen LogP contribution in [-0.2, 0) is 13.1 Å². The van der Waals surface area contributed by atoms with Crippen LogP contribution in [0.2, 0.25) is 0 Å². The predicted octanol–water partition coefficient (Wildman–Crippen LogP) is 0.353. The number of nitrogens with two attached hydrogens (primary N) is 1. The molecule has 1 aliphatic rings. The molecule has 2 aromatic rings. The number of furan rings is 1. The van der Waals surface area contributed by atoms with Crippen LogP contribution in [0.4, 0.5) is 0 Å². The maximum Gasteiger partial charge on any atom is 0.290 e. The number of imidazole rings is 1. The number of aliphatic hydroxyl groups is 1. The van der Waals surface area contributed by atoms with Crippen LogP contribution >= 0.6 is 0 Å². The molecule has 0 spiro atoms. The lowest BCUT2D eigenvalue weighted by Gasteiger charge is -2.27. The molecule has 0 saturated heterocycles. The number of primary amides is 1. The number of amides is 2. The molecule has 0 aliphatic carbocycles. The molecule has 8 heteroatoms. The first-order valence-electron chi connectivity index (χ1n) is 7.73. The van der Waals surface area contributed by atoms with Gasteiger partial charge in [0, 0.05) is 13.1 Å². The molecule has 0 radical (unpaired) electrons. The molecule has 2 aromatic heterocycles. The quantitative estimate of drug-likeness (QED) is 0.765. The van der Waals surface area contributed by atoms with Crippen molar-refractivity contribution >= 4 is 11.8 Å². The average molecular weight is 342 g/mol. The first kappa shape index (κ1) is 16.8. The molecule has 1 aliphatic heterocycles. The topological polar surface area (TPSA) is 115 Å². The van der Waals surface area contributed by atoms with E-state index in [0.29, 0.717) is 30.4 Å². The highest BCUT2D eigenvalue weighted by atomic mass is 16.4. The number of nitrogens with zero attached hydrogens (tertiary/aromatic N) is 3. The average Bonchev–Trinajstić information content (AvgIpc) is 3.17. The summed E-state index contributed by atoms with van der Waals surface area (Å²) in [7, 11) is 0. The number of aromatic nitrogens is 2. The van der Waals surface area contributed by atoms with E-state index in [1.54, 1.807) is 35.4 Å². The lowest BCUT2D eigenvalue weighted by Crippen LogP contribution is -2.39. The van der Waals surface area contributed by atoms with Crippen LogP contribution < -0.4 is 5.73 Å². The summed E-state index contributed by atoms with van der Waals surface area (Å²) in [6, 6.07) is 3.13. The van der Waals surface area contributed by atoms with Gasteiger partial charge in [-0.3, -0.25) is 9.59 Å². The lowest BCUT2D eigenvalue weighted by atomic mass is 10.1.